The summed E-state index contributed by atoms with van der Waals surface area (Å²) in [7, 11) is 0. The molecule has 2 nitrogen and oxygen atoms in total. The maximum atomic E-state index is 13.8. The first-order valence-corrected chi connectivity index (χ1v) is 7.76. The van der Waals surface area contributed by atoms with Crippen molar-refractivity contribution in [3.63, 3.8) is 0 Å². The highest BCUT2D eigenvalue weighted by atomic mass is 19.1. The van der Waals surface area contributed by atoms with Gasteiger partial charge in [0.2, 0.25) is 0 Å². The van der Waals surface area contributed by atoms with Gasteiger partial charge in [0.1, 0.15) is 11.6 Å². The van der Waals surface area contributed by atoms with Crippen LogP contribution in [0, 0.1) is 19.7 Å². The van der Waals surface area contributed by atoms with Crippen LogP contribution in [0.15, 0.2) is 42.5 Å². The highest BCUT2D eigenvalue weighted by molar-refractivity contribution is 5.35. The second kappa shape index (κ2) is 7.95. The Kier molecular flexibility index (Phi) is 5.96. The monoisotopic (exact) mass is 301 g/mol. The summed E-state index contributed by atoms with van der Waals surface area (Å²) in [6.45, 7) is 5.16. The minimum absolute atomic E-state index is 0.0448. The first-order chi connectivity index (χ1) is 10.6. The molecule has 0 aliphatic carbocycles. The molecule has 0 heterocycles. The molecule has 0 bridgehead atoms. The van der Waals surface area contributed by atoms with Crippen molar-refractivity contribution in [2.24, 2.45) is 5.73 Å². The Labute approximate surface area is 132 Å². The van der Waals surface area contributed by atoms with Gasteiger partial charge in [-0.1, -0.05) is 30.3 Å². The van der Waals surface area contributed by atoms with Crippen molar-refractivity contribution in [3.8, 4) is 5.75 Å². The summed E-state index contributed by atoms with van der Waals surface area (Å²) in [6.07, 6.45) is 1.67. The topological polar surface area (TPSA) is 35.2 Å². The van der Waals surface area contributed by atoms with E-state index in [0.29, 0.717) is 18.7 Å². The summed E-state index contributed by atoms with van der Waals surface area (Å²) in [5.74, 6) is 0.798. The quantitative estimate of drug-likeness (QED) is 0.772. The molecule has 0 radical (unpaired) electrons. The molecule has 0 fully saturated rings. The first kappa shape index (κ1) is 16.5. The van der Waals surface area contributed by atoms with Gasteiger partial charge in [-0.25, -0.2) is 4.39 Å². The molecule has 2 N–H and O–H groups in total. The van der Waals surface area contributed by atoms with Gasteiger partial charge in [0.15, 0.2) is 0 Å². The summed E-state index contributed by atoms with van der Waals surface area (Å²) in [5.41, 5.74) is 8.83. The van der Waals surface area contributed by atoms with Crippen LogP contribution >= 0.6 is 0 Å². The number of rotatable bonds is 7. The van der Waals surface area contributed by atoms with Crippen LogP contribution in [0.4, 0.5) is 4.39 Å². The number of halogens is 1. The molecule has 3 heteroatoms. The van der Waals surface area contributed by atoms with E-state index in [0.717, 1.165) is 24.2 Å². The van der Waals surface area contributed by atoms with Gasteiger partial charge in [-0.15, -0.1) is 0 Å². The molecule has 2 aromatic rings. The van der Waals surface area contributed by atoms with Crippen LogP contribution in [-0.2, 0) is 0 Å². The molecule has 118 valence electrons. The Balaban J connectivity index is 1.87. The lowest BCUT2D eigenvalue weighted by Gasteiger charge is -2.16. The molecule has 2 aromatic carbocycles. The van der Waals surface area contributed by atoms with Crippen LogP contribution in [0.2, 0.25) is 0 Å². The zero-order chi connectivity index (χ0) is 15.9. The summed E-state index contributed by atoms with van der Waals surface area (Å²) in [5, 5.41) is 0. The Morgan fingerprint density at radius 2 is 1.91 bits per heavy atom. The van der Waals surface area contributed by atoms with Gasteiger partial charge < -0.3 is 10.5 Å². The third-order valence-electron chi connectivity index (χ3n) is 3.93. The Hall–Kier alpha value is -1.87. The predicted molar refractivity (Wildman–Crippen MR) is 88.8 cm³/mol. The highest BCUT2D eigenvalue weighted by Crippen LogP contribution is 2.24. The van der Waals surface area contributed by atoms with Crippen LogP contribution in [0.5, 0.6) is 5.75 Å². The van der Waals surface area contributed by atoms with E-state index in [4.69, 9.17) is 10.5 Å². The maximum Gasteiger partial charge on any atom is 0.126 e. The lowest BCUT2D eigenvalue weighted by Crippen LogP contribution is -2.15. The van der Waals surface area contributed by atoms with Crippen molar-refractivity contribution >= 4 is 0 Å². The first-order valence-electron chi connectivity index (χ1n) is 7.76. The number of hydrogen-bond acceptors (Lipinski definition) is 2. The second-order valence-electron chi connectivity index (χ2n) is 5.71. The normalized spacial score (nSPS) is 12.2. The van der Waals surface area contributed by atoms with E-state index in [1.807, 2.05) is 25.1 Å². The number of ether oxygens (including phenoxy) is 1. The summed E-state index contributed by atoms with van der Waals surface area (Å²) in [6, 6.07) is 13.1. The van der Waals surface area contributed by atoms with Gasteiger partial charge in [0, 0.05) is 0 Å². The molecule has 2 rings (SSSR count). The SMILES string of the molecule is Cc1ccc(C)c(OCCCC(CN)c2ccccc2F)c1. The summed E-state index contributed by atoms with van der Waals surface area (Å²) < 4.78 is 19.7. The Morgan fingerprint density at radius 1 is 1.14 bits per heavy atom. The number of benzene rings is 2. The molecule has 0 saturated heterocycles. The smallest absolute Gasteiger partial charge is 0.126 e. The third kappa shape index (κ3) is 4.31. The molecule has 1 atom stereocenters. The van der Waals surface area contributed by atoms with Gasteiger partial charge in [-0.3, -0.25) is 0 Å². The summed E-state index contributed by atoms with van der Waals surface area (Å²) >= 11 is 0. The van der Waals surface area contributed by atoms with Crippen molar-refractivity contribution in [2.75, 3.05) is 13.2 Å². The van der Waals surface area contributed by atoms with E-state index in [1.165, 1.54) is 11.6 Å². The fourth-order valence-corrected chi connectivity index (χ4v) is 2.58. The standard InChI is InChI=1S/C19H24FNO/c1-14-9-10-15(2)19(12-14)22-11-5-6-16(13-21)17-7-3-4-8-18(17)20/h3-4,7-10,12,16H,5-6,11,13,21H2,1-2H3. The molecule has 0 spiro atoms. The average Bonchev–Trinajstić information content (AvgIpc) is 2.52. The van der Waals surface area contributed by atoms with Crippen molar-refractivity contribution in [1.82, 2.24) is 0 Å². The lowest BCUT2D eigenvalue weighted by molar-refractivity contribution is 0.299. The molecule has 1 unspecified atom stereocenters. The largest absolute Gasteiger partial charge is 0.493 e. The van der Waals surface area contributed by atoms with Crippen molar-refractivity contribution in [1.29, 1.82) is 0 Å². The van der Waals surface area contributed by atoms with Gasteiger partial charge >= 0.3 is 0 Å². The highest BCUT2D eigenvalue weighted by Gasteiger charge is 2.13. The predicted octanol–water partition coefficient (Wildman–Crippen LogP) is 4.34. The molecule has 0 aromatic heterocycles. The molecular formula is C19H24FNO. The Bertz CT molecular complexity index is 612. The van der Waals surface area contributed by atoms with Gasteiger partial charge in [0.25, 0.3) is 0 Å². The van der Waals surface area contributed by atoms with Crippen LogP contribution < -0.4 is 10.5 Å². The van der Waals surface area contributed by atoms with E-state index in [9.17, 15) is 4.39 Å². The van der Waals surface area contributed by atoms with Crippen molar-refractivity contribution in [3.05, 3.63) is 65.0 Å². The fraction of sp³-hybridized carbons (Fsp3) is 0.368. The van der Waals surface area contributed by atoms with Gasteiger partial charge in [0.05, 0.1) is 6.61 Å². The number of nitrogens with two attached hydrogens (primary N) is 1. The minimum Gasteiger partial charge on any atom is -0.493 e. The average molecular weight is 301 g/mol. The van der Waals surface area contributed by atoms with E-state index in [1.54, 1.807) is 6.07 Å². The van der Waals surface area contributed by atoms with Crippen LogP contribution in [0.25, 0.3) is 0 Å². The molecular weight excluding hydrogens is 277 g/mol. The lowest BCUT2D eigenvalue weighted by atomic mass is 9.94. The van der Waals surface area contributed by atoms with Crippen molar-refractivity contribution in [2.45, 2.75) is 32.6 Å². The third-order valence-corrected chi connectivity index (χ3v) is 3.93. The molecule has 0 amide bonds. The fourth-order valence-electron chi connectivity index (χ4n) is 2.58. The molecule has 0 aliphatic rings. The maximum absolute atomic E-state index is 13.8. The van der Waals surface area contributed by atoms with E-state index in [2.05, 4.69) is 19.1 Å². The van der Waals surface area contributed by atoms with Crippen LogP contribution in [0.3, 0.4) is 0 Å². The molecule has 0 saturated carbocycles. The number of aryl methyl sites for hydroxylation is 2. The van der Waals surface area contributed by atoms with Crippen molar-refractivity contribution < 1.29 is 9.13 Å². The zero-order valence-corrected chi connectivity index (χ0v) is 13.3. The van der Waals surface area contributed by atoms with Gasteiger partial charge in [-0.2, -0.15) is 0 Å². The molecule has 22 heavy (non-hydrogen) atoms. The van der Waals surface area contributed by atoms with E-state index >= 15 is 0 Å². The van der Waals surface area contributed by atoms with Gasteiger partial charge in [-0.05, 0) is 68.0 Å². The summed E-state index contributed by atoms with van der Waals surface area (Å²) in [4.78, 5) is 0. The van der Waals surface area contributed by atoms with Crippen LogP contribution in [-0.4, -0.2) is 13.2 Å². The van der Waals surface area contributed by atoms with E-state index < -0.39 is 0 Å². The number of hydrogen-bond donors (Lipinski definition) is 1. The zero-order valence-electron chi connectivity index (χ0n) is 13.3. The van der Waals surface area contributed by atoms with E-state index in [-0.39, 0.29) is 11.7 Å². The molecule has 0 aliphatic heterocycles. The van der Waals surface area contributed by atoms with Crippen LogP contribution in [0.1, 0.15) is 35.4 Å². The second-order valence-corrected chi connectivity index (χ2v) is 5.71. The Morgan fingerprint density at radius 3 is 2.64 bits per heavy atom. The minimum atomic E-state index is -0.173.